The molecule has 82 valence electrons. The SMILES string of the molecule is CNc1nnc(C(=O)N2CCC(O)C2)s1. The number of amides is 1. The lowest BCUT2D eigenvalue weighted by Crippen LogP contribution is -2.29. The first-order valence-electron chi connectivity index (χ1n) is 4.69. The third-order valence-corrected chi connectivity index (χ3v) is 3.20. The lowest BCUT2D eigenvalue weighted by atomic mass is 10.3. The lowest BCUT2D eigenvalue weighted by molar-refractivity contribution is 0.0764. The van der Waals surface area contributed by atoms with Gasteiger partial charge in [0.15, 0.2) is 0 Å². The maximum absolute atomic E-state index is 11.8. The van der Waals surface area contributed by atoms with Crippen LogP contribution in [0.1, 0.15) is 16.2 Å². The van der Waals surface area contributed by atoms with Crippen molar-refractivity contribution in [3.8, 4) is 0 Å². The molecule has 2 rings (SSSR count). The van der Waals surface area contributed by atoms with E-state index in [9.17, 15) is 9.90 Å². The molecule has 1 aromatic rings. The third kappa shape index (κ3) is 2.07. The van der Waals surface area contributed by atoms with Crippen molar-refractivity contribution in [1.29, 1.82) is 0 Å². The first-order valence-corrected chi connectivity index (χ1v) is 5.51. The van der Waals surface area contributed by atoms with Crippen molar-refractivity contribution in [2.75, 3.05) is 25.5 Å². The highest BCUT2D eigenvalue weighted by molar-refractivity contribution is 7.17. The van der Waals surface area contributed by atoms with E-state index < -0.39 is 6.10 Å². The van der Waals surface area contributed by atoms with E-state index in [1.807, 2.05) is 0 Å². The second-order valence-electron chi connectivity index (χ2n) is 3.36. The van der Waals surface area contributed by atoms with E-state index in [4.69, 9.17) is 0 Å². The maximum Gasteiger partial charge on any atom is 0.284 e. The number of nitrogens with one attached hydrogen (secondary N) is 1. The van der Waals surface area contributed by atoms with Crippen molar-refractivity contribution in [3.05, 3.63) is 5.01 Å². The first-order chi connectivity index (χ1) is 7.20. The number of hydrogen-bond donors (Lipinski definition) is 2. The summed E-state index contributed by atoms with van der Waals surface area (Å²) < 4.78 is 0. The highest BCUT2D eigenvalue weighted by Gasteiger charge is 2.27. The van der Waals surface area contributed by atoms with Crippen LogP contribution in [-0.2, 0) is 0 Å². The Morgan fingerprint density at radius 2 is 2.47 bits per heavy atom. The molecular weight excluding hydrogens is 216 g/mol. The monoisotopic (exact) mass is 228 g/mol. The van der Waals surface area contributed by atoms with Gasteiger partial charge < -0.3 is 15.3 Å². The zero-order valence-electron chi connectivity index (χ0n) is 8.30. The minimum Gasteiger partial charge on any atom is -0.391 e. The highest BCUT2D eigenvalue weighted by atomic mass is 32.1. The topological polar surface area (TPSA) is 78.4 Å². The molecule has 7 heteroatoms. The fourth-order valence-corrected chi connectivity index (χ4v) is 2.14. The molecule has 2 N–H and O–H groups in total. The van der Waals surface area contributed by atoms with E-state index in [2.05, 4.69) is 15.5 Å². The van der Waals surface area contributed by atoms with Crippen LogP contribution in [0.25, 0.3) is 0 Å². The summed E-state index contributed by atoms with van der Waals surface area (Å²) in [6.07, 6.45) is 0.245. The molecule has 6 nitrogen and oxygen atoms in total. The summed E-state index contributed by atoms with van der Waals surface area (Å²) in [6, 6.07) is 0. The Bertz CT molecular complexity index is 367. The number of rotatable bonds is 2. The Morgan fingerprint density at radius 3 is 3.00 bits per heavy atom. The van der Waals surface area contributed by atoms with E-state index in [1.165, 1.54) is 11.3 Å². The number of β-amino-alcohol motifs (C(OH)–C–C–N with tert-alkyl or cyclic N) is 1. The van der Waals surface area contributed by atoms with Gasteiger partial charge in [-0.05, 0) is 6.42 Å². The molecule has 0 bridgehead atoms. The fraction of sp³-hybridized carbons (Fsp3) is 0.625. The number of aliphatic hydroxyl groups is 1. The van der Waals surface area contributed by atoms with Crippen LogP contribution in [0.4, 0.5) is 5.13 Å². The molecule has 0 aliphatic carbocycles. The predicted molar refractivity (Wildman–Crippen MR) is 56.0 cm³/mol. The molecule has 0 saturated carbocycles. The van der Waals surface area contributed by atoms with Crippen molar-refractivity contribution in [3.63, 3.8) is 0 Å². The van der Waals surface area contributed by atoms with Gasteiger partial charge in [0.25, 0.3) is 5.91 Å². The summed E-state index contributed by atoms with van der Waals surface area (Å²) in [5, 5.41) is 20.7. The van der Waals surface area contributed by atoms with Crippen molar-refractivity contribution >= 4 is 22.4 Å². The minimum atomic E-state index is -0.398. The average molecular weight is 228 g/mol. The quantitative estimate of drug-likeness (QED) is 0.732. The number of anilines is 1. The molecule has 1 atom stereocenters. The van der Waals surface area contributed by atoms with Crippen molar-refractivity contribution in [2.45, 2.75) is 12.5 Å². The second-order valence-corrected chi connectivity index (χ2v) is 4.33. The normalized spacial score (nSPS) is 20.7. The van der Waals surface area contributed by atoms with Crippen LogP contribution < -0.4 is 5.32 Å². The number of carbonyl (C=O) groups is 1. The number of likely N-dealkylation sites (tertiary alicyclic amines) is 1. The molecule has 0 aromatic carbocycles. The van der Waals surface area contributed by atoms with E-state index in [-0.39, 0.29) is 5.91 Å². The maximum atomic E-state index is 11.8. The van der Waals surface area contributed by atoms with Gasteiger partial charge in [-0.1, -0.05) is 11.3 Å². The van der Waals surface area contributed by atoms with E-state index in [0.717, 1.165) is 0 Å². The van der Waals surface area contributed by atoms with Crippen molar-refractivity contribution in [2.24, 2.45) is 0 Å². The summed E-state index contributed by atoms with van der Waals surface area (Å²) in [6.45, 7) is 0.988. The minimum absolute atomic E-state index is 0.148. The summed E-state index contributed by atoms with van der Waals surface area (Å²) in [4.78, 5) is 13.4. The van der Waals surface area contributed by atoms with Gasteiger partial charge >= 0.3 is 0 Å². The molecule has 15 heavy (non-hydrogen) atoms. The predicted octanol–water partition coefficient (Wildman–Crippen LogP) is -0.213. The van der Waals surface area contributed by atoms with Gasteiger partial charge in [-0.3, -0.25) is 4.79 Å². The largest absolute Gasteiger partial charge is 0.391 e. The highest BCUT2D eigenvalue weighted by Crippen LogP contribution is 2.18. The number of nitrogens with zero attached hydrogens (tertiary/aromatic N) is 3. The van der Waals surface area contributed by atoms with Gasteiger partial charge in [0.05, 0.1) is 6.10 Å². The van der Waals surface area contributed by atoms with Gasteiger partial charge in [-0.2, -0.15) is 0 Å². The third-order valence-electron chi connectivity index (χ3n) is 2.27. The van der Waals surface area contributed by atoms with E-state index in [0.29, 0.717) is 29.6 Å². The van der Waals surface area contributed by atoms with E-state index >= 15 is 0 Å². The standard InChI is InChI=1S/C8H12N4O2S/c1-9-8-11-10-6(15-8)7(14)12-3-2-5(13)4-12/h5,13H,2-4H2,1H3,(H,9,11). The van der Waals surface area contributed by atoms with Gasteiger partial charge in [-0.15, -0.1) is 10.2 Å². The fourth-order valence-electron chi connectivity index (χ4n) is 1.47. The van der Waals surface area contributed by atoms with Crippen molar-refractivity contribution in [1.82, 2.24) is 15.1 Å². The Kier molecular flexibility index (Phi) is 2.83. The molecule has 1 unspecified atom stereocenters. The van der Waals surface area contributed by atoms with Crippen LogP contribution in [0.3, 0.4) is 0 Å². The molecule has 0 radical (unpaired) electrons. The number of hydrogen-bond acceptors (Lipinski definition) is 6. The molecule has 1 aliphatic heterocycles. The van der Waals surface area contributed by atoms with Gasteiger partial charge in [0, 0.05) is 20.1 Å². The van der Waals surface area contributed by atoms with Gasteiger partial charge in [0.1, 0.15) is 0 Å². The van der Waals surface area contributed by atoms with Crippen molar-refractivity contribution < 1.29 is 9.90 Å². The lowest BCUT2D eigenvalue weighted by Gasteiger charge is -2.12. The zero-order valence-corrected chi connectivity index (χ0v) is 9.12. The smallest absolute Gasteiger partial charge is 0.284 e. The van der Waals surface area contributed by atoms with Crippen LogP contribution in [0.2, 0.25) is 0 Å². The van der Waals surface area contributed by atoms with E-state index in [1.54, 1.807) is 11.9 Å². The molecular formula is C8H12N4O2S. The molecule has 1 aliphatic rings. The second kappa shape index (κ2) is 4.11. The molecule has 1 fully saturated rings. The van der Waals surface area contributed by atoms with Crippen LogP contribution in [-0.4, -0.2) is 52.4 Å². The summed E-state index contributed by atoms with van der Waals surface area (Å²) in [5.74, 6) is -0.148. The van der Waals surface area contributed by atoms with Crippen LogP contribution >= 0.6 is 11.3 Å². The van der Waals surface area contributed by atoms with Gasteiger partial charge in [0.2, 0.25) is 10.1 Å². The number of aliphatic hydroxyl groups excluding tert-OH is 1. The Labute approximate surface area is 90.9 Å². The average Bonchev–Trinajstić information content (AvgIpc) is 2.84. The Hall–Kier alpha value is -1.21. The number of carbonyl (C=O) groups excluding carboxylic acids is 1. The molecule has 0 spiro atoms. The molecule has 1 aromatic heterocycles. The summed E-state index contributed by atoms with van der Waals surface area (Å²) in [7, 11) is 1.73. The van der Waals surface area contributed by atoms with Crippen LogP contribution in [0.5, 0.6) is 0 Å². The van der Waals surface area contributed by atoms with Crippen LogP contribution in [0, 0.1) is 0 Å². The summed E-state index contributed by atoms with van der Waals surface area (Å²) in [5.41, 5.74) is 0. The summed E-state index contributed by atoms with van der Waals surface area (Å²) >= 11 is 1.22. The van der Waals surface area contributed by atoms with Gasteiger partial charge in [-0.25, -0.2) is 0 Å². The molecule has 1 amide bonds. The zero-order chi connectivity index (χ0) is 10.8. The number of aromatic nitrogens is 2. The molecule has 2 heterocycles. The Morgan fingerprint density at radius 1 is 1.67 bits per heavy atom. The Balaban J connectivity index is 2.07. The van der Waals surface area contributed by atoms with Crippen LogP contribution in [0.15, 0.2) is 0 Å². The molecule has 1 saturated heterocycles. The first kappa shape index (κ1) is 10.3.